The van der Waals surface area contributed by atoms with E-state index in [0.717, 1.165) is 30.5 Å². The summed E-state index contributed by atoms with van der Waals surface area (Å²) in [5, 5.41) is 3.31. The first-order chi connectivity index (χ1) is 7.31. The Hall–Kier alpha value is -1.36. The van der Waals surface area contributed by atoms with Gasteiger partial charge >= 0.3 is 0 Å². The standard InChI is InChI=1S/C10H17N5/c1-2-8-13-9(5-10(14-8)15-11)12-6-7-3-4-7/h5,7H,2-4,6,11H2,1H3,(H2,12,13,14,15). The van der Waals surface area contributed by atoms with E-state index in [1.54, 1.807) is 0 Å². The Morgan fingerprint density at radius 1 is 1.40 bits per heavy atom. The van der Waals surface area contributed by atoms with E-state index in [0.29, 0.717) is 5.82 Å². The largest absolute Gasteiger partial charge is 0.370 e. The van der Waals surface area contributed by atoms with Crippen LogP contribution in [0.3, 0.4) is 0 Å². The second-order valence-electron chi connectivity index (χ2n) is 3.88. The third-order valence-electron chi connectivity index (χ3n) is 2.51. The highest BCUT2D eigenvalue weighted by atomic mass is 15.3. The van der Waals surface area contributed by atoms with Crippen LogP contribution in [0.1, 0.15) is 25.6 Å². The highest BCUT2D eigenvalue weighted by molar-refractivity contribution is 5.46. The van der Waals surface area contributed by atoms with Crippen LogP contribution in [0, 0.1) is 5.92 Å². The van der Waals surface area contributed by atoms with E-state index in [1.165, 1.54) is 12.8 Å². The number of nitrogens with zero attached hydrogens (tertiary/aromatic N) is 2. The van der Waals surface area contributed by atoms with Gasteiger partial charge < -0.3 is 10.7 Å². The Bertz CT molecular complexity index is 312. The Morgan fingerprint density at radius 3 is 2.73 bits per heavy atom. The van der Waals surface area contributed by atoms with Gasteiger partial charge in [0.25, 0.3) is 0 Å². The third-order valence-corrected chi connectivity index (χ3v) is 2.51. The molecule has 5 heteroatoms. The average Bonchev–Trinajstić information content (AvgIpc) is 3.09. The normalized spacial score (nSPS) is 15.1. The summed E-state index contributed by atoms with van der Waals surface area (Å²) in [7, 11) is 0. The molecule has 0 spiro atoms. The van der Waals surface area contributed by atoms with Gasteiger partial charge in [0.05, 0.1) is 0 Å². The van der Waals surface area contributed by atoms with Crippen LogP contribution in [-0.4, -0.2) is 16.5 Å². The highest BCUT2D eigenvalue weighted by Crippen LogP contribution is 2.28. The van der Waals surface area contributed by atoms with Crippen molar-refractivity contribution < 1.29 is 0 Å². The Morgan fingerprint density at radius 2 is 2.13 bits per heavy atom. The number of hydrogen-bond donors (Lipinski definition) is 3. The summed E-state index contributed by atoms with van der Waals surface area (Å²) in [6.07, 6.45) is 3.48. The molecule has 0 aliphatic heterocycles. The average molecular weight is 207 g/mol. The predicted octanol–water partition coefficient (Wildman–Crippen LogP) is 1.15. The number of hydrogen-bond acceptors (Lipinski definition) is 5. The smallest absolute Gasteiger partial charge is 0.145 e. The van der Waals surface area contributed by atoms with Crippen LogP contribution in [0.15, 0.2) is 6.07 Å². The van der Waals surface area contributed by atoms with Crippen LogP contribution in [0.5, 0.6) is 0 Å². The van der Waals surface area contributed by atoms with Crippen LogP contribution in [0.2, 0.25) is 0 Å². The molecule has 0 saturated heterocycles. The zero-order valence-corrected chi connectivity index (χ0v) is 8.95. The van der Waals surface area contributed by atoms with Crippen molar-refractivity contribution in [2.24, 2.45) is 11.8 Å². The highest BCUT2D eigenvalue weighted by Gasteiger charge is 2.20. The van der Waals surface area contributed by atoms with E-state index in [1.807, 2.05) is 13.0 Å². The summed E-state index contributed by atoms with van der Waals surface area (Å²) in [4.78, 5) is 8.61. The van der Waals surface area contributed by atoms with Crippen molar-refractivity contribution in [1.82, 2.24) is 9.97 Å². The van der Waals surface area contributed by atoms with Gasteiger partial charge in [-0.2, -0.15) is 0 Å². The van der Waals surface area contributed by atoms with Crippen molar-refractivity contribution in [1.29, 1.82) is 0 Å². The molecule has 1 saturated carbocycles. The number of anilines is 2. The van der Waals surface area contributed by atoms with Gasteiger partial charge in [-0.25, -0.2) is 15.8 Å². The van der Waals surface area contributed by atoms with Gasteiger partial charge in [0, 0.05) is 19.0 Å². The van der Waals surface area contributed by atoms with Crippen LogP contribution in [0.25, 0.3) is 0 Å². The minimum atomic E-state index is 0.667. The number of aryl methyl sites for hydroxylation is 1. The molecule has 1 aliphatic rings. The molecule has 15 heavy (non-hydrogen) atoms. The Kier molecular flexibility index (Phi) is 3.01. The van der Waals surface area contributed by atoms with Crippen molar-refractivity contribution in [3.05, 3.63) is 11.9 Å². The van der Waals surface area contributed by atoms with Crippen molar-refractivity contribution in [3.8, 4) is 0 Å². The maximum absolute atomic E-state index is 5.34. The molecule has 0 unspecified atom stereocenters. The quantitative estimate of drug-likeness (QED) is 0.499. The second-order valence-corrected chi connectivity index (χ2v) is 3.88. The van der Waals surface area contributed by atoms with Gasteiger partial charge in [0.15, 0.2) is 0 Å². The molecule has 0 atom stereocenters. The van der Waals surface area contributed by atoms with E-state index in [-0.39, 0.29) is 0 Å². The number of hydrazine groups is 1. The molecule has 1 aromatic heterocycles. The lowest BCUT2D eigenvalue weighted by Crippen LogP contribution is -2.13. The summed E-state index contributed by atoms with van der Waals surface area (Å²) in [5.41, 5.74) is 2.55. The summed E-state index contributed by atoms with van der Waals surface area (Å²) in [6, 6.07) is 1.83. The van der Waals surface area contributed by atoms with Gasteiger partial charge in [-0.05, 0) is 18.8 Å². The topological polar surface area (TPSA) is 75.9 Å². The number of nitrogen functional groups attached to an aromatic ring is 1. The van der Waals surface area contributed by atoms with Crippen molar-refractivity contribution in [3.63, 3.8) is 0 Å². The summed E-state index contributed by atoms with van der Waals surface area (Å²) < 4.78 is 0. The SMILES string of the molecule is CCc1nc(NN)cc(NCC2CC2)n1. The minimum Gasteiger partial charge on any atom is -0.370 e. The zero-order valence-electron chi connectivity index (χ0n) is 8.95. The fourth-order valence-corrected chi connectivity index (χ4v) is 1.39. The summed E-state index contributed by atoms with van der Waals surface area (Å²) >= 11 is 0. The molecular formula is C10H17N5. The van der Waals surface area contributed by atoms with Crippen LogP contribution in [0.4, 0.5) is 11.6 Å². The van der Waals surface area contributed by atoms with E-state index in [9.17, 15) is 0 Å². The van der Waals surface area contributed by atoms with E-state index < -0.39 is 0 Å². The first-order valence-corrected chi connectivity index (χ1v) is 5.40. The number of aromatic nitrogens is 2. The van der Waals surface area contributed by atoms with Gasteiger partial charge in [-0.15, -0.1) is 0 Å². The Balaban J connectivity index is 2.06. The lowest BCUT2D eigenvalue weighted by Gasteiger charge is -2.08. The fraction of sp³-hybridized carbons (Fsp3) is 0.600. The van der Waals surface area contributed by atoms with Gasteiger partial charge in [-0.3, -0.25) is 0 Å². The lowest BCUT2D eigenvalue weighted by molar-refractivity contribution is 0.869. The third kappa shape index (κ3) is 2.79. The van der Waals surface area contributed by atoms with E-state index in [2.05, 4.69) is 20.7 Å². The molecule has 0 bridgehead atoms. The number of nitrogens with two attached hydrogens (primary N) is 1. The minimum absolute atomic E-state index is 0.667. The van der Waals surface area contributed by atoms with Crippen molar-refractivity contribution >= 4 is 11.6 Å². The van der Waals surface area contributed by atoms with Gasteiger partial charge in [-0.1, -0.05) is 6.92 Å². The first kappa shape index (κ1) is 10.2. The summed E-state index contributed by atoms with van der Waals surface area (Å²) in [5.74, 6) is 8.51. The zero-order chi connectivity index (χ0) is 10.7. The molecule has 0 amide bonds. The van der Waals surface area contributed by atoms with Crippen LogP contribution in [-0.2, 0) is 6.42 Å². The van der Waals surface area contributed by atoms with E-state index in [4.69, 9.17) is 5.84 Å². The molecule has 1 heterocycles. The molecule has 1 fully saturated rings. The molecule has 1 aromatic rings. The Labute approximate surface area is 89.5 Å². The molecule has 82 valence electrons. The summed E-state index contributed by atoms with van der Waals surface area (Å²) in [6.45, 7) is 3.03. The number of rotatable bonds is 5. The van der Waals surface area contributed by atoms with Crippen LogP contribution < -0.4 is 16.6 Å². The predicted molar refractivity (Wildman–Crippen MR) is 60.4 cm³/mol. The number of nitrogens with one attached hydrogen (secondary N) is 2. The molecule has 5 nitrogen and oxygen atoms in total. The first-order valence-electron chi connectivity index (χ1n) is 5.40. The van der Waals surface area contributed by atoms with Crippen molar-refractivity contribution in [2.75, 3.05) is 17.3 Å². The maximum atomic E-state index is 5.34. The fourth-order valence-electron chi connectivity index (χ4n) is 1.39. The maximum Gasteiger partial charge on any atom is 0.145 e. The molecule has 4 N–H and O–H groups in total. The molecule has 2 rings (SSSR count). The molecule has 0 radical (unpaired) electrons. The van der Waals surface area contributed by atoms with Gasteiger partial charge in [0.1, 0.15) is 17.5 Å². The lowest BCUT2D eigenvalue weighted by atomic mass is 10.4. The van der Waals surface area contributed by atoms with E-state index >= 15 is 0 Å². The molecule has 1 aliphatic carbocycles. The molecular weight excluding hydrogens is 190 g/mol. The second kappa shape index (κ2) is 4.44. The van der Waals surface area contributed by atoms with Crippen LogP contribution >= 0.6 is 0 Å². The monoisotopic (exact) mass is 207 g/mol. The van der Waals surface area contributed by atoms with Gasteiger partial charge in [0.2, 0.25) is 0 Å². The molecule has 0 aromatic carbocycles. The van der Waals surface area contributed by atoms with Crippen molar-refractivity contribution in [2.45, 2.75) is 26.2 Å².